The van der Waals surface area contributed by atoms with E-state index in [9.17, 15) is 9.59 Å². The Hall–Kier alpha value is -3.34. The second-order valence-electron chi connectivity index (χ2n) is 7.32. The molecule has 0 heterocycles. The molecule has 5 nitrogen and oxygen atoms in total. The Morgan fingerprint density at radius 2 is 1.55 bits per heavy atom. The Morgan fingerprint density at radius 3 is 2.31 bits per heavy atom. The first-order chi connectivity index (χ1) is 13.9. The number of hydrogen-bond donors (Lipinski definition) is 3. The van der Waals surface area contributed by atoms with E-state index in [1.165, 1.54) is 16.3 Å². The predicted molar refractivity (Wildman–Crippen MR) is 118 cm³/mol. The maximum absolute atomic E-state index is 12.2. The van der Waals surface area contributed by atoms with Crippen molar-refractivity contribution in [2.45, 2.75) is 27.2 Å². The van der Waals surface area contributed by atoms with Crippen LogP contribution < -0.4 is 16.0 Å². The van der Waals surface area contributed by atoms with Gasteiger partial charge in [-0.05, 0) is 54.7 Å². The first-order valence-corrected chi connectivity index (χ1v) is 9.80. The third-order valence-electron chi connectivity index (χ3n) is 4.91. The zero-order valence-electron chi connectivity index (χ0n) is 17.1. The van der Waals surface area contributed by atoms with Crippen LogP contribution in [0.25, 0.3) is 10.8 Å². The van der Waals surface area contributed by atoms with Gasteiger partial charge in [0.15, 0.2) is 0 Å². The minimum atomic E-state index is -0.349. The van der Waals surface area contributed by atoms with Gasteiger partial charge in [-0.1, -0.05) is 60.2 Å². The zero-order chi connectivity index (χ0) is 20.8. The molecule has 0 atom stereocenters. The van der Waals surface area contributed by atoms with Crippen LogP contribution in [0.5, 0.6) is 0 Å². The van der Waals surface area contributed by atoms with Crippen LogP contribution in [0, 0.1) is 20.8 Å². The number of urea groups is 1. The third kappa shape index (κ3) is 5.35. The minimum absolute atomic E-state index is 0.0765. The molecule has 150 valence electrons. The fourth-order valence-corrected chi connectivity index (χ4v) is 3.61. The summed E-state index contributed by atoms with van der Waals surface area (Å²) in [5, 5.41) is 10.7. The van der Waals surface area contributed by atoms with Crippen molar-refractivity contribution in [1.29, 1.82) is 0 Å². The van der Waals surface area contributed by atoms with Gasteiger partial charge in [-0.2, -0.15) is 0 Å². The van der Waals surface area contributed by atoms with Gasteiger partial charge in [0, 0.05) is 12.2 Å². The maximum atomic E-state index is 12.2. The fraction of sp³-hybridized carbons (Fsp3) is 0.250. The topological polar surface area (TPSA) is 70.2 Å². The summed E-state index contributed by atoms with van der Waals surface area (Å²) in [6, 6.07) is 18.1. The molecule has 0 aliphatic heterocycles. The Balaban J connectivity index is 1.46. The molecule has 3 aromatic rings. The maximum Gasteiger partial charge on any atom is 0.315 e. The molecule has 0 aliphatic rings. The molecule has 0 saturated carbocycles. The van der Waals surface area contributed by atoms with Gasteiger partial charge >= 0.3 is 6.03 Å². The predicted octanol–water partition coefficient (Wildman–Crippen LogP) is 4.25. The SMILES string of the molecule is Cc1cc(C)c(NC(=O)CNC(=O)NCCc2cccc3ccccc23)c(C)c1. The average Bonchev–Trinajstić information content (AvgIpc) is 2.69. The van der Waals surface area contributed by atoms with Crippen molar-refractivity contribution in [2.24, 2.45) is 0 Å². The number of fused-ring (bicyclic) bond motifs is 1. The van der Waals surface area contributed by atoms with E-state index in [2.05, 4.69) is 40.2 Å². The number of rotatable bonds is 6. The molecule has 0 bridgehead atoms. The van der Waals surface area contributed by atoms with E-state index in [-0.39, 0.29) is 18.5 Å². The molecule has 0 radical (unpaired) electrons. The van der Waals surface area contributed by atoms with Crippen molar-refractivity contribution in [1.82, 2.24) is 10.6 Å². The van der Waals surface area contributed by atoms with E-state index in [1.807, 2.05) is 51.1 Å². The summed E-state index contributed by atoms with van der Waals surface area (Å²) in [4.78, 5) is 24.2. The molecular weight excluding hydrogens is 362 g/mol. The Bertz CT molecular complexity index is 1010. The number of amides is 3. The number of carbonyl (C=O) groups excluding carboxylic acids is 2. The highest BCUT2D eigenvalue weighted by Crippen LogP contribution is 2.21. The van der Waals surface area contributed by atoms with Gasteiger partial charge in [-0.25, -0.2) is 4.79 Å². The highest BCUT2D eigenvalue weighted by molar-refractivity contribution is 5.95. The van der Waals surface area contributed by atoms with E-state index in [4.69, 9.17) is 0 Å². The van der Waals surface area contributed by atoms with Crippen LogP contribution in [-0.2, 0) is 11.2 Å². The lowest BCUT2D eigenvalue weighted by atomic mass is 10.0. The van der Waals surface area contributed by atoms with Crippen LogP contribution in [-0.4, -0.2) is 25.0 Å². The number of hydrogen-bond acceptors (Lipinski definition) is 2. The van der Waals surface area contributed by atoms with Gasteiger partial charge < -0.3 is 16.0 Å². The molecule has 5 heteroatoms. The van der Waals surface area contributed by atoms with Gasteiger partial charge in [0.2, 0.25) is 5.91 Å². The van der Waals surface area contributed by atoms with Gasteiger partial charge in [0.05, 0.1) is 6.54 Å². The second kappa shape index (κ2) is 9.24. The highest BCUT2D eigenvalue weighted by Gasteiger charge is 2.10. The smallest absolute Gasteiger partial charge is 0.315 e. The summed E-state index contributed by atoms with van der Waals surface area (Å²) in [7, 11) is 0. The van der Waals surface area contributed by atoms with Crippen molar-refractivity contribution < 1.29 is 9.59 Å². The fourth-order valence-electron chi connectivity index (χ4n) is 3.61. The lowest BCUT2D eigenvalue weighted by Gasteiger charge is -2.13. The zero-order valence-corrected chi connectivity index (χ0v) is 17.1. The molecule has 3 N–H and O–H groups in total. The third-order valence-corrected chi connectivity index (χ3v) is 4.91. The van der Waals surface area contributed by atoms with E-state index in [0.29, 0.717) is 6.54 Å². The Labute approximate surface area is 171 Å². The van der Waals surface area contributed by atoms with Crippen molar-refractivity contribution in [2.75, 3.05) is 18.4 Å². The van der Waals surface area contributed by atoms with E-state index >= 15 is 0 Å². The van der Waals surface area contributed by atoms with E-state index < -0.39 is 0 Å². The van der Waals surface area contributed by atoms with Crippen LogP contribution in [0.15, 0.2) is 54.6 Å². The number of anilines is 1. The molecular formula is C24H27N3O2. The Morgan fingerprint density at radius 1 is 0.862 bits per heavy atom. The summed E-state index contributed by atoms with van der Waals surface area (Å²) in [6.07, 6.45) is 0.725. The van der Waals surface area contributed by atoms with Crippen molar-refractivity contribution in [3.05, 3.63) is 76.9 Å². The van der Waals surface area contributed by atoms with Crippen molar-refractivity contribution >= 4 is 28.4 Å². The monoisotopic (exact) mass is 389 g/mol. The summed E-state index contributed by atoms with van der Waals surface area (Å²) in [6.45, 7) is 6.37. The summed E-state index contributed by atoms with van der Waals surface area (Å²) in [5.41, 5.74) is 5.16. The van der Waals surface area contributed by atoms with Gasteiger partial charge in [-0.15, -0.1) is 0 Å². The molecule has 3 amide bonds. The quantitative estimate of drug-likeness (QED) is 0.590. The number of carbonyl (C=O) groups is 2. The summed E-state index contributed by atoms with van der Waals surface area (Å²) >= 11 is 0. The van der Waals surface area contributed by atoms with E-state index in [0.717, 1.165) is 28.8 Å². The molecule has 0 unspecified atom stereocenters. The van der Waals surface area contributed by atoms with Gasteiger partial charge in [0.1, 0.15) is 0 Å². The number of nitrogens with one attached hydrogen (secondary N) is 3. The molecule has 0 aromatic heterocycles. The highest BCUT2D eigenvalue weighted by atomic mass is 16.2. The van der Waals surface area contributed by atoms with Crippen molar-refractivity contribution in [3.63, 3.8) is 0 Å². The largest absolute Gasteiger partial charge is 0.338 e. The van der Waals surface area contributed by atoms with Gasteiger partial charge in [-0.3, -0.25) is 4.79 Å². The van der Waals surface area contributed by atoms with Crippen molar-refractivity contribution in [3.8, 4) is 0 Å². The van der Waals surface area contributed by atoms with Crippen LogP contribution in [0.2, 0.25) is 0 Å². The molecule has 3 rings (SSSR count). The normalized spacial score (nSPS) is 10.6. The standard InChI is InChI=1S/C24H27N3O2/c1-16-13-17(2)23(18(3)14-16)27-22(28)15-26-24(29)25-12-11-20-9-6-8-19-7-4-5-10-21(19)20/h4-10,13-14H,11-12,15H2,1-3H3,(H,27,28)(H2,25,26,29). The first-order valence-electron chi connectivity index (χ1n) is 9.80. The molecule has 29 heavy (non-hydrogen) atoms. The van der Waals surface area contributed by atoms with Crippen LogP contribution in [0.3, 0.4) is 0 Å². The summed E-state index contributed by atoms with van der Waals surface area (Å²) in [5.74, 6) is -0.246. The summed E-state index contributed by atoms with van der Waals surface area (Å²) < 4.78 is 0. The lowest BCUT2D eigenvalue weighted by molar-refractivity contribution is -0.115. The Kier molecular flexibility index (Phi) is 6.50. The van der Waals surface area contributed by atoms with E-state index in [1.54, 1.807) is 0 Å². The number of aryl methyl sites for hydroxylation is 3. The minimum Gasteiger partial charge on any atom is -0.338 e. The van der Waals surface area contributed by atoms with Crippen LogP contribution in [0.1, 0.15) is 22.3 Å². The first kappa shape index (κ1) is 20.4. The second-order valence-corrected chi connectivity index (χ2v) is 7.32. The van der Waals surface area contributed by atoms with Crippen LogP contribution >= 0.6 is 0 Å². The van der Waals surface area contributed by atoms with Gasteiger partial charge in [0.25, 0.3) is 0 Å². The van der Waals surface area contributed by atoms with Crippen LogP contribution in [0.4, 0.5) is 10.5 Å². The lowest BCUT2D eigenvalue weighted by Crippen LogP contribution is -2.40. The molecule has 0 spiro atoms. The molecule has 0 saturated heterocycles. The number of benzene rings is 3. The molecule has 0 fully saturated rings. The average molecular weight is 389 g/mol. The molecule has 3 aromatic carbocycles. The molecule has 0 aliphatic carbocycles.